The molecule has 1 aliphatic heterocycles. The van der Waals surface area contributed by atoms with Crippen LogP contribution >= 0.6 is 15.9 Å². The molecule has 2 amide bonds. The first-order valence-electron chi connectivity index (χ1n) is 6.37. The first kappa shape index (κ1) is 14.8. The maximum atomic E-state index is 12.2. The highest BCUT2D eigenvalue weighted by Gasteiger charge is 2.32. The van der Waals surface area contributed by atoms with Crippen LogP contribution in [0, 0.1) is 5.41 Å². The second kappa shape index (κ2) is 5.44. The molecule has 1 aliphatic rings. The van der Waals surface area contributed by atoms with Gasteiger partial charge in [-0.2, -0.15) is 0 Å². The van der Waals surface area contributed by atoms with E-state index in [1.54, 1.807) is 17.0 Å². The van der Waals surface area contributed by atoms with Crippen molar-refractivity contribution >= 4 is 33.6 Å². The van der Waals surface area contributed by atoms with Gasteiger partial charge in [-0.25, -0.2) is 9.59 Å². The molecule has 0 saturated carbocycles. The lowest BCUT2D eigenvalue weighted by Crippen LogP contribution is -2.34. The molecule has 0 atom stereocenters. The number of hydrogen-bond acceptors (Lipinski definition) is 2. The fourth-order valence-electron chi connectivity index (χ4n) is 2.29. The van der Waals surface area contributed by atoms with Crippen molar-refractivity contribution in [2.45, 2.75) is 20.3 Å². The number of halogens is 1. The highest BCUT2D eigenvalue weighted by Crippen LogP contribution is 2.29. The minimum Gasteiger partial charge on any atom is -0.478 e. The van der Waals surface area contributed by atoms with E-state index in [-0.39, 0.29) is 17.0 Å². The quantitative estimate of drug-likeness (QED) is 0.866. The molecule has 0 aliphatic carbocycles. The maximum Gasteiger partial charge on any atom is 0.337 e. The van der Waals surface area contributed by atoms with E-state index in [9.17, 15) is 9.59 Å². The molecular formula is C14H17BrN2O3. The average molecular weight is 341 g/mol. The molecule has 0 bridgehead atoms. The molecule has 5 nitrogen and oxygen atoms in total. The van der Waals surface area contributed by atoms with Crippen molar-refractivity contribution in [1.82, 2.24) is 4.90 Å². The van der Waals surface area contributed by atoms with Crippen LogP contribution in [0.1, 0.15) is 30.6 Å². The monoisotopic (exact) mass is 340 g/mol. The summed E-state index contributed by atoms with van der Waals surface area (Å²) in [6.07, 6.45) is 0.949. The van der Waals surface area contributed by atoms with E-state index in [2.05, 4.69) is 35.1 Å². The number of urea groups is 1. The Hall–Kier alpha value is -1.56. The highest BCUT2D eigenvalue weighted by atomic mass is 79.9. The first-order chi connectivity index (χ1) is 9.28. The first-order valence-corrected chi connectivity index (χ1v) is 7.17. The maximum absolute atomic E-state index is 12.2. The Morgan fingerprint density at radius 3 is 2.65 bits per heavy atom. The second-order valence-electron chi connectivity index (χ2n) is 5.76. The molecule has 0 radical (unpaired) electrons. The minimum atomic E-state index is -1.06. The van der Waals surface area contributed by atoms with Crippen molar-refractivity contribution in [2.75, 3.05) is 18.4 Å². The SMILES string of the molecule is CC1(C)CCN(C(=O)Nc2cc(Br)ccc2C(=O)O)C1. The number of carbonyl (C=O) groups excluding carboxylic acids is 1. The molecule has 1 heterocycles. The third kappa shape index (κ3) is 3.30. The topological polar surface area (TPSA) is 69.6 Å². The third-order valence-corrected chi connectivity index (χ3v) is 3.91. The van der Waals surface area contributed by atoms with Gasteiger partial charge in [-0.1, -0.05) is 29.8 Å². The molecule has 0 aromatic heterocycles. The Kier molecular flexibility index (Phi) is 4.04. The van der Waals surface area contributed by atoms with Crippen LogP contribution in [0.25, 0.3) is 0 Å². The molecule has 108 valence electrons. The van der Waals surface area contributed by atoms with E-state index in [4.69, 9.17) is 5.11 Å². The van der Waals surface area contributed by atoms with E-state index in [0.717, 1.165) is 10.9 Å². The molecule has 1 aromatic rings. The summed E-state index contributed by atoms with van der Waals surface area (Å²) in [6, 6.07) is 4.45. The zero-order valence-corrected chi connectivity index (χ0v) is 13.0. The number of nitrogens with one attached hydrogen (secondary N) is 1. The molecule has 1 saturated heterocycles. The normalized spacial score (nSPS) is 17.1. The van der Waals surface area contributed by atoms with Crippen LogP contribution in [0.5, 0.6) is 0 Å². The van der Waals surface area contributed by atoms with Crippen molar-refractivity contribution in [3.63, 3.8) is 0 Å². The van der Waals surface area contributed by atoms with Gasteiger partial charge >= 0.3 is 12.0 Å². The summed E-state index contributed by atoms with van der Waals surface area (Å²) in [5, 5.41) is 11.8. The summed E-state index contributed by atoms with van der Waals surface area (Å²) in [6.45, 7) is 5.59. The fourth-order valence-corrected chi connectivity index (χ4v) is 2.65. The number of rotatable bonds is 2. The van der Waals surface area contributed by atoms with Crippen LogP contribution in [-0.4, -0.2) is 35.1 Å². The summed E-state index contributed by atoms with van der Waals surface area (Å²) < 4.78 is 0.722. The standard InChI is InChI=1S/C14H17BrN2O3/c1-14(2)5-6-17(8-14)13(20)16-11-7-9(15)3-4-10(11)12(18)19/h3-4,7H,5-6,8H2,1-2H3,(H,16,20)(H,18,19). The van der Waals surface area contributed by atoms with Crippen molar-refractivity contribution in [1.29, 1.82) is 0 Å². The van der Waals surface area contributed by atoms with Crippen LogP contribution in [-0.2, 0) is 0 Å². The van der Waals surface area contributed by atoms with Crippen molar-refractivity contribution in [3.8, 4) is 0 Å². The van der Waals surface area contributed by atoms with Gasteiger partial charge in [0.05, 0.1) is 11.3 Å². The molecule has 2 rings (SSSR count). The van der Waals surface area contributed by atoms with E-state index in [1.807, 2.05) is 0 Å². The zero-order valence-electron chi connectivity index (χ0n) is 11.4. The summed E-state index contributed by atoms with van der Waals surface area (Å²) in [5.41, 5.74) is 0.506. The summed E-state index contributed by atoms with van der Waals surface area (Å²) in [7, 11) is 0. The molecular weight excluding hydrogens is 324 g/mol. The summed E-state index contributed by atoms with van der Waals surface area (Å²) in [5.74, 6) is -1.06. The summed E-state index contributed by atoms with van der Waals surface area (Å²) >= 11 is 3.28. The number of aromatic carboxylic acids is 1. The largest absolute Gasteiger partial charge is 0.478 e. The van der Waals surface area contributed by atoms with Crippen molar-refractivity contribution in [2.24, 2.45) is 5.41 Å². The van der Waals surface area contributed by atoms with Crippen molar-refractivity contribution < 1.29 is 14.7 Å². The Bertz CT molecular complexity index is 557. The van der Waals surface area contributed by atoms with Gasteiger partial charge in [-0.3, -0.25) is 0 Å². The van der Waals surface area contributed by atoms with E-state index in [0.29, 0.717) is 18.8 Å². The van der Waals surface area contributed by atoms with Gasteiger partial charge < -0.3 is 15.3 Å². The number of amides is 2. The number of anilines is 1. The number of carbonyl (C=O) groups is 2. The number of nitrogens with zero attached hydrogens (tertiary/aromatic N) is 1. The van der Waals surface area contributed by atoms with Gasteiger partial charge in [-0.15, -0.1) is 0 Å². The fraction of sp³-hybridized carbons (Fsp3) is 0.429. The van der Waals surface area contributed by atoms with Gasteiger partial charge in [0.25, 0.3) is 0 Å². The Labute approximate surface area is 126 Å². The predicted octanol–water partition coefficient (Wildman–Crippen LogP) is 3.41. The Morgan fingerprint density at radius 2 is 2.10 bits per heavy atom. The van der Waals surface area contributed by atoms with Gasteiger partial charge in [0, 0.05) is 17.6 Å². The molecule has 0 spiro atoms. The van der Waals surface area contributed by atoms with Crippen LogP contribution in [0.4, 0.5) is 10.5 Å². The smallest absolute Gasteiger partial charge is 0.337 e. The lowest BCUT2D eigenvalue weighted by Gasteiger charge is -2.20. The van der Waals surface area contributed by atoms with Gasteiger partial charge in [0.2, 0.25) is 0 Å². The molecule has 0 unspecified atom stereocenters. The molecule has 2 N–H and O–H groups in total. The van der Waals surface area contributed by atoms with E-state index >= 15 is 0 Å². The zero-order chi connectivity index (χ0) is 14.9. The third-order valence-electron chi connectivity index (χ3n) is 3.42. The lowest BCUT2D eigenvalue weighted by atomic mass is 9.93. The summed E-state index contributed by atoms with van der Waals surface area (Å²) in [4.78, 5) is 25.1. The van der Waals surface area contributed by atoms with Gasteiger partial charge in [-0.05, 0) is 30.0 Å². The molecule has 6 heteroatoms. The average Bonchev–Trinajstić information content (AvgIpc) is 2.69. The van der Waals surface area contributed by atoms with Crippen LogP contribution in [0.2, 0.25) is 0 Å². The van der Waals surface area contributed by atoms with Gasteiger partial charge in [0.15, 0.2) is 0 Å². The molecule has 1 fully saturated rings. The van der Waals surface area contributed by atoms with Crippen LogP contribution in [0.3, 0.4) is 0 Å². The Balaban J connectivity index is 2.16. The number of carboxylic acid groups (broad SMARTS) is 1. The number of hydrogen-bond donors (Lipinski definition) is 2. The molecule has 1 aromatic carbocycles. The number of likely N-dealkylation sites (tertiary alicyclic amines) is 1. The predicted molar refractivity (Wildman–Crippen MR) is 80.1 cm³/mol. The second-order valence-corrected chi connectivity index (χ2v) is 6.68. The number of carboxylic acids is 1. The number of benzene rings is 1. The highest BCUT2D eigenvalue weighted by molar-refractivity contribution is 9.10. The van der Waals surface area contributed by atoms with Crippen LogP contribution < -0.4 is 5.32 Å². The van der Waals surface area contributed by atoms with E-state index in [1.165, 1.54) is 6.07 Å². The minimum absolute atomic E-state index is 0.0833. The Morgan fingerprint density at radius 1 is 1.40 bits per heavy atom. The van der Waals surface area contributed by atoms with E-state index < -0.39 is 5.97 Å². The molecule has 20 heavy (non-hydrogen) atoms. The van der Waals surface area contributed by atoms with Crippen molar-refractivity contribution in [3.05, 3.63) is 28.2 Å². The van der Waals surface area contributed by atoms with Gasteiger partial charge in [0.1, 0.15) is 0 Å². The van der Waals surface area contributed by atoms with Crippen LogP contribution in [0.15, 0.2) is 22.7 Å². The lowest BCUT2D eigenvalue weighted by molar-refractivity contribution is 0.0698.